The molecule has 2 rings (SSSR count). The smallest absolute Gasteiger partial charge is 0.338 e. The van der Waals surface area contributed by atoms with Gasteiger partial charge in [-0.2, -0.15) is 0 Å². The Labute approximate surface area is 81.6 Å². The molecule has 2 unspecified atom stereocenters. The molecule has 0 spiro atoms. The second-order valence-corrected chi connectivity index (χ2v) is 4.15. The molecule has 2 fully saturated rings. The average Bonchev–Trinajstić information content (AvgIpc) is 2.56. The molecule has 2 aliphatic rings. The first kappa shape index (κ1) is 9.89. The second kappa shape index (κ2) is 3.18. The molecule has 5 atom stereocenters. The van der Waals surface area contributed by atoms with Crippen LogP contribution >= 0.6 is 0 Å². The number of aliphatic hydroxyl groups is 2. The van der Waals surface area contributed by atoms with Crippen LogP contribution in [0.25, 0.3) is 0 Å². The molecule has 2 N–H and O–H groups in total. The molecule has 14 heavy (non-hydrogen) atoms. The van der Waals surface area contributed by atoms with Gasteiger partial charge in [-0.05, 0) is 5.92 Å². The van der Waals surface area contributed by atoms with Crippen LogP contribution in [0.15, 0.2) is 0 Å². The lowest BCUT2D eigenvalue weighted by Gasteiger charge is -2.20. The van der Waals surface area contributed by atoms with Gasteiger partial charge in [0.05, 0.1) is 6.10 Å². The van der Waals surface area contributed by atoms with Gasteiger partial charge in [-0.15, -0.1) is 0 Å². The van der Waals surface area contributed by atoms with Gasteiger partial charge in [0.2, 0.25) is 0 Å². The van der Waals surface area contributed by atoms with Crippen LogP contribution in [0.5, 0.6) is 0 Å². The van der Waals surface area contributed by atoms with E-state index in [1.807, 2.05) is 13.8 Å². The third-order valence-corrected chi connectivity index (χ3v) is 2.77. The van der Waals surface area contributed by atoms with Crippen molar-refractivity contribution in [2.24, 2.45) is 5.92 Å². The average molecular weight is 202 g/mol. The zero-order chi connectivity index (χ0) is 10.5. The van der Waals surface area contributed by atoms with Crippen LogP contribution < -0.4 is 0 Å². The van der Waals surface area contributed by atoms with E-state index in [4.69, 9.17) is 9.47 Å². The summed E-state index contributed by atoms with van der Waals surface area (Å²) in [6.45, 7) is 3.81. The topological polar surface area (TPSA) is 76.0 Å². The monoisotopic (exact) mass is 202 g/mol. The van der Waals surface area contributed by atoms with E-state index in [9.17, 15) is 15.0 Å². The Morgan fingerprint density at radius 2 is 1.93 bits per heavy atom. The summed E-state index contributed by atoms with van der Waals surface area (Å²) in [6.07, 6.45) is -3.86. The molecule has 2 heterocycles. The summed E-state index contributed by atoms with van der Waals surface area (Å²) < 4.78 is 10.2. The van der Waals surface area contributed by atoms with Crippen LogP contribution in [0.4, 0.5) is 0 Å². The highest BCUT2D eigenvalue weighted by Crippen LogP contribution is 2.34. The van der Waals surface area contributed by atoms with Gasteiger partial charge in [0.15, 0.2) is 12.2 Å². The van der Waals surface area contributed by atoms with E-state index in [0.717, 1.165) is 0 Å². The predicted molar refractivity (Wildman–Crippen MR) is 45.4 cm³/mol. The van der Waals surface area contributed by atoms with Crippen molar-refractivity contribution in [2.45, 2.75) is 44.4 Å². The summed E-state index contributed by atoms with van der Waals surface area (Å²) in [5.41, 5.74) is 0. The van der Waals surface area contributed by atoms with Gasteiger partial charge in [0.1, 0.15) is 12.2 Å². The molecule has 0 bridgehead atoms. The predicted octanol–water partition coefficient (Wildman–Crippen LogP) is -0.943. The zero-order valence-corrected chi connectivity index (χ0v) is 8.08. The van der Waals surface area contributed by atoms with E-state index < -0.39 is 30.4 Å². The quantitative estimate of drug-likeness (QED) is 0.536. The van der Waals surface area contributed by atoms with Crippen molar-refractivity contribution in [1.29, 1.82) is 0 Å². The molecule has 0 amide bonds. The van der Waals surface area contributed by atoms with E-state index in [-0.39, 0.29) is 12.0 Å². The Morgan fingerprint density at radius 3 is 2.43 bits per heavy atom. The van der Waals surface area contributed by atoms with Gasteiger partial charge in [-0.3, -0.25) is 0 Å². The van der Waals surface area contributed by atoms with Gasteiger partial charge in [0.25, 0.3) is 0 Å². The number of hydrogen-bond donors (Lipinski definition) is 2. The molecule has 0 aliphatic carbocycles. The summed E-state index contributed by atoms with van der Waals surface area (Å²) in [5, 5.41) is 19.1. The second-order valence-electron chi connectivity index (χ2n) is 4.15. The van der Waals surface area contributed by atoms with Gasteiger partial charge < -0.3 is 19.7 Å². The van der Waals surface area contributed by atoms with Gasteiger partial charge in [-0.25, -0.2) is 4.79 Å². The molecule has 0 aromatic rings. The van der Waals surface area contributed by atoms with E-state index >= 15 is 0 Å². The molecule has 5 heteroatoms. The molecular weight excluding hydrogens is 188 g/mol. The maximum Gasteiger partial charge on any atom is 0.338 e. The highest BCUT2D eigenvalue weighted by molar-refractivity contribution is 5.78. The Hall–Kier alpha value is -0.650. The highest BCUT2D eigenvalue weighted by Gasteiger charge is 2.56. The lowest BCUT2D eigenvalue weighted by atomic mass is 9.99. The molecule has 0 saturated carbocycles. The van der Waals surface area contributed by atoms with Crippen molar-refractivity contribution >= 4 is 5.97 Å². The Morgan fingerprint density at radius 1 is 1.29 bits per heavy atom. The largest absolute Gasteiger partial charge is 0.455 e. The van der Waals surface area contributed by atoms with Crippen molar-refractivity contribution in [3.05, 3.63) is 0 Å². The summed E-state index contributed by atoms with van der Waals surface area (Å²) in [6, 6.07) is 0. The van der Waals surface area contributed by atoms with Gasteiger partial charge in [-0.1, -0.05) is 13.8 Å². The summed E-state index contributed by atoms with van der Waals surface area (Å²) in [4.78, 5) is 10.9. The van der Waals surface area contributed by atoms with Crippen LogP contribution in [0, 0.1) is 5.92 Å². The third kappa shape index (κ3) is 1.24. The summed E-state index contributed by atoms with van der Waals surface area (Å²) in [5.74, 6) is -0.581. The number of aliphatic hydroxyl groups excluding tert-OH is 2. The highest BCUT2D eigenvalue weighted by atomic mass is 16.6. The lowest BCUT2D eigenvalue weighted by Crippen LogP contribution is -2.34. The molecular formula is C9H14O5. The van der Waals surface area contributed by atoms with Crippen LogP contribution in [0.2, 0.25) is 0 Å². The normalized spacial score (nSPS) is 46.9. The molecule has 5 nitrogen and oxygen atoms in total. The fraction of sp³-hybridized carbons (Fsp3) is 0.889. The SMILES string of the molecule is CC(C)[C@H]1O[C@H]2C(OC(=O)[C@H]2O)C1O. The van der Waals surface area contributed by atoms with Gasteiger partial charge in [0, 0.05) is 0 Å². The minimum atomic E-state index is -1.25. The van der Waals surface area contributed by atoms with Crippen molar-refractivity contribution in [3.63, 3.8) is 0 Å². The molecule has 0 radical (unpaired) electrons. The van der Waals surface area contributed by atoms with Crippen molar-refractivity contribution < 1.29 is 24.5 Å². The first-order valence-electron chi connectivity index (χ1n) is 4.74. The lowest BCUT2D eigenvalue weighted by molar-refractivity contribution is -0.154. The van der Waals surface area contributed by atoms with E-state index in [2.05, 4.69) is 0 Å². The standard InChI is InChI=1S/C9H14O5/c1-3(2)6-4(10)7-8(13-6)5(11)9(12)14-7/h3-8,10-11H,1-2H3/t4?,5-,6+,7?,8+/m0/s1. The molecule has 0 aromatic heterocycles. The first-order chi connectivity index (χ1) is 6.52. The Balaban J connectivity index is 2.15. The number of ether oxygens (including phenoxy) is 2. The van der Waals surface area contributed by atoms with Crippen molar-refractivity contribution in [2.75, 3.05) is 0 Å². The number of carbonyl (C=O) groups excluding carboxylic acids is 1. The first-order valence-corrected chi connectivity index (χ1v) is 4.74. The van der Waals surface area contributed by atoms with Crippen LogP contribution in [0.1, 0.15) is 13.8 Å². The van der Waals surface area contributed by atoms with Crippen molar-refractivity contribution in [1.82, 2.24) is 0 Å². The van der Waals surface area contributed by atoms with Crippen LogP contribution in [-0.4, -0.2) is 46.7 Å². The maximum absolute atomic E-state index is 10.9. The fourth-order valence-corrected chi connectivity index (χ4v) is 2.00. The minimum Gasteiger partial charge on any atom is -0.455 e. The molecule has 80 valence electrons. The van der Waals surface area contributed by atoms with E-state index in [0.29, 0.717) is 0 Å². The number of carbonyl (C=O) groups is 1. The summed E-state index contributed by atoms with van der Waals surface area (Å²) in [7, 11) is 0. The summed E-state index contributed by atoms with van der Waals surface area (Å²) >= 11 is 0. The number of hydrogen-bond acceptors (Lipinski definition) is 5. The van der Waals surface area contributed by atoms with E-state index in [1.54, 1.807) is 0 Å². The number of esters is 1. The van der Waals surface area contributed by atoms with Gasteiger partial charge >= 0.3 is 5.97 Å². The fourth-order valence-electron chi connectivity index (χ4n) is 2.00. The van der Waals surface area contributed by atoms with Crippen molar-refractivity contribution in [3.8, 4) is 0 Å². The third-order valence-electron chi connectivity index (χ3n) is 2.77. The Kier molecular flexibility index (Phi) is 2.25. The minimum absolute atomic E-state index is 0.126. The molecule has 2 saturated heterocycles. The van der Waals surface area contributed by atoms with Crippen LogP contribution in [0.3, 0.4) is 0 Å². The van der Waals surface area contributed by atoms with E-state index in [1.165, 1.54) is 0 Å². The number of fused-ring (bicyclic) bond motifs is 1. The maximum atomic E-state index is 10.9. The van der Waals surface area contributed by atoms with Crippen LogP contribution in [-0.2, 0) is 14.3 Å². The Bertz CT molecular complexity index is 252. The zero-order valence-electron chi connectivity index (χ0n) is 8.08. The number of rotatable bonds is 1. The molecule has 2 aliphatic heterocycles. The molecule has 0 aromatic carbocycles.